The number of rotatable bonds is 3. The van der Waals surface area contributed by atoms with Gasteiger partial charge in [0.2, 0.25) is 5.91 Å². The van der Waals surface area contributed by atoms with Gasteiger partial charge in [-0.2, -0.15) is 0 Å². The summed E-state index contributed by atoms with van der Waals surface area (Å²) in [5, 5.41) is 9.60. The number of carboxylic acids is 1. The maximum Gasteiger partial charge on any atom is 0.307 e. The first-order valence-corrected chi connectivity index (χ1v) is 7.46. The largest absolute Gasteiger partial charge is 0.481 e. The molecule has 1 aromatic carbocycles. The molecule has 1 N–H and O–H groups in total. The number of carboxylic acid groups (broad SMARTS) is 1. The van der Waals surface area contributed by atoms with Crippen LogP contribution in [0.15, 0.2) is 24.3 Å². The molecule has 3 rings (SSSR count). The highest BCUT2D eigenvalue weighted by atomic mass is 35.5. The van der Waals surface area contributed by atoms with Crippen LogP contribution >= 0.6 is 11.6 Å². The summed E-state index contributed by atoms with van der Waals surface area (Å²) >= 11 is 5.88. The molecule has 1 saturated heterocycles. The number of piperazine rings is 1. The van der Waals surface area contributed by atoms with Gasteiger partial charge >= 0.3 is 5.97 Å². The second kappa shape index (κ2) is 5.56. The van der Waals surface area contributed by atoms with Gasteiger partial charge in [0, 0.05) is 36.9 Å². The fraction of sp³-hybridized carbons (Fsp3) is 0.467. The number of halogens is 1. The molecule has 112 valence electrons. The van der Waals surface area contributed by atoms with Gasteiger partial charge in [0.15, 0.2) is 0 Å². The number of hydrogen-bond acceptors (Lipinski definition) is 3. The van der Waals surface area contributed by atoms with Gasteiger partial charge < -0.3 is 14.9 Å². The predicted octanol–water partition coefficient (Wildman–Crippen LogP) is 1.71. The molecule has 2 unspecified atom stereocenters. The molecule has 21 heavy (non-hydrogen) atoms. The molecule has 1 aromatic rings. The van der Waals surface area contributed by atoms with E-state index in [0.29, 0.717) is 24.5 Å². The highest BCUT2D eigenvalue weighted by Gasteiger charge is 2.49. The number of hydrogen-bond donors (Lipinski definition) is 1. The fourth-order valence-electron chi connectivity index (χ4n) is 2.81. The Balaban J connectivity index is 1.54. The maximum absolute atomic E-state index is 12.2. The third kappa shape index (κ3) is 2.97. The first-order valence-electron chi connectivity index (χ1n) is 7.08. The molecular weight excluding hydrogens is 292 g/mol. The Kier molecular flexibility index (Phi) is 3.76. The molecule has 1 aliphatic carbocycles. The summed E-state index contributed by atoms with van der Waals surface area (Å²) in [5.41, 5.74) is 1.10. The molecule has 6 heteroatoms. The molecule has 2 aliphatic rings. The molecule has 1 saturated carbocycles. The second-order valence-electron chi connectivity index (χ2n) is 5.58. The van der Waals surface area contributed by atoms with Crippen LogP contribution < -0.4 is 4.90 Å². The van der Waals surface area contributed by atoms with Crippen molar-refractivity contribution in [3.63, 3.8) is 0 Å². The lowest BCUT2D eigenvalue weighted by Gasteiger charge is -2.36. The molecule has 1 heterocycles. The van der Waals surface area contributed by atoms with E-state index in [2.05, 4.69) is 4.90 Å². The number of carbonyl (C=O) groups excluding carboxylic acids is 1. The highest BCUT2D eigenvalue weighted by Crippen LogP contribution is 2.40. The van der Waals surface area contributed by atoms with E-state index in [0.717, 1.165) is 18.8 Å². The van der Waals surface area contributed by atoms with Crippen LogP contribution in [0, 0.1) is 11.8 Å². The molecule has 1 aliphatic heterocycles. The smallest absolute Gasteiger partial charge is 0.307 e. The van der Waals surface area contributed by atoms with Gasteiger partial charge in [-0.15, -0.1) is 0 Å². The van der Waals surface area contributed by atoms with Crippen molar-refractivity contribution >= 4 is 29.2 Å². The van der Waals surface area contributed by atoms with Crippen LogP contribution in [0.5, 0.6) is 0 Å². The number of aliphatic carboxylic acids is 1. The van der Waals surface area contributed by atoms with Gasteiger partial charge in [-0.3, -0.25) is 9.59 Å². The van der Waals surface area contributed by atoms with Crippen LogP contribution in [-0.4, -0.2) is 48.1 Å². The van der Waals surface area contributed by atoms with Crippen molar-refractivity contribution in [1.82, 2.24) is 4.90 Å². The minimum Gasteiger partial charge on any atom is -0.481 e. The minimum absolute atomic E-state index is 0.00171. The van der Waals surface area contributed by atoms with Gasteiger partial charge in [0.25, 0.3) is 0 Å². The third-order valence-electron chi connectivity index (χ3n) is 4.21. The predicted molar refractivity (Wildman–Crippen MR) is 79.5 cm³/mol. The van der Waals surface area contributed by atoms with Crippen molar-refractivity contribution < 1.29 is 14.7 Å². The Bertz CT molecular complexity index is 553. The van der Waals surface area contributed by atoms with Crippen LogP contribution in [0.1, 0.15) is 6.42 Å². The van der Waals surface area contributed by atoms with E-state index in [1.807, 2.05) is 24.3 Å². The van der Waals surface area contributed by atoms with E-state index in [1.54, 1.807) is 4.90 Å². The number of nitrogens with zero attached hydrogens (tertiary/aromatic N) is 2. The number of anilines is 1. The Morgan fingerprint density at radius 1 is 1.05 bits per heavy atom. The van der Waals surface area contributed by atoms with E-state index < -0.39 is 11.9 Å². The lowest BCUT2D eigenvalue weighted by atomic mass is 10.2. The Morgan fingerprint density at radius 2 is 1.67 bits per heavy atom. The second-order valence-corrected chi connectivity index (χ2v) is 6.01. The summed E-state index contributed by atoms with van der Waals surface area (Å²) in [5.74, 6) is -1.62. The Morgan fingerprint density at radius 3 is 2.19 bits per heavy atom. The summed E-state index contributed by atoms with van der Waals surface area (Å²) in [6.45, 7) is 2.81. The summed E-state index contributed by atoms with van der Waals surface area (Å²) in [7, 11) is 0. The van der Waals surface area contributed by atoms with Crippen molar-refractivity contribution in [2.24, 2.45) is 11.8 Å². The SMILES string of the molecule is O=C(O)C1CC1C(=O)N1CCN(c2ccc(Cl)cc2)CC1. The molecule has 0 aromatic heterocycles. The van der Waals surface area contributed by atoms with Gasteiger partial charge in [0.05, 0.1) is 11.8 Å². The zero-order valence-electron chi connectivity index (χ0n) is 11.5. The monoisotopic (exact) mass is 308 g/mol. The van der Waals surface area contributed by atoms with Crippen molar-refractivity contribution in [1.29, 1.82) is 0 Å². The summed E-state index contributed by atoms with van der Waals surface area (Å²) in [6.07, 6.45) is 0.492. The van der Waals surface area contributed by atoms with E-state index in [-0.39, 0.29) is 11.8 Å². The van der Waals surface area contributed by atoms with Crippen molar-refractivity contribution in [3.05, 3.63) is 29.3 Å². The normalized spacial score (nSPS) is 24.8. The molecule has 2 fully saturated rings. The van der Waals surface area contributed by atoms with Crippen molar-refractivity contribution in [3.8, 4) is 0 Å². The fourth-order valence-corrected chi connectivity index (χ4v) is 2.94. The average molecular weight is 309 g/mol. The molecule has 1 amide bonds. The quantitative estimate of drug-likeness (QED) is 0.923. The number of benzene rings is 1. The molecule has 0 spiro atoms. The Labute approximate surface area is 128 Å². The number of amides is 1. The van der Waals surface area contributed by atoms with Gasteiger partial charge in [-0.05, 0) is 30.7 Å². The standard InChI is InChI=1S/C15H17ClN2O3/c16-10-1-3-11(4-2-10)17-5-7-18(8-6-17)14(19)12-9-13(12)15(20)21/h1-4,12-13H,5-9H2,(H,20,21). The minimum atomic E-state index is -0.854. The van der Waals surface area contributed by atoms with E-state index in [9.17, 15) is 9.59 Å². The maximum atomic E-state index is 12.2. The van der Waals surface area contributed by atoms with Crippen LogP contribution in [0.2, 0.25) is 5.02 Å². The lowest BCUT2D eigenvalue weighted by Crippen LogP contribution is -2.49. The summed E-state index contributed by atoms with van der Waals surface area (Å²) < 4.78 is 0. The first kappa shape index (κ1) is 14.2. The number of carbonyl (C=O) groups is 2. The van der Waals surface area contributed by atoms with Crippen LogP contribution in [0.3, 0.4) is 0 Å². The van der Waals surface area contributed by atoms with Crippen molar-refractivity contribution in [2.45, 2.75) is 6.42 Å². The topological polar surface area (TPSA) is 60.9 Å². The average Bonchev–Trinajstić information content (AvgIpc) is 3.28. The summed E-state index contributed by atoms with van der Waals surface area (Å²) in [4.78, 5) is 27.0. The van der Waals surface area contributed by atoms with E-state index >= 15 is 0 Å². The molecule has 5 nitrogen and oxygen atoms in total. The van der Waals surface area contributed by atoms with E-state index in [4.69, 9.17) is 16.7 Å². The van der Waals surface area contributed by atoms with Crippen LogP contribution in [0.4, 0.5) is 5.69 Å². The van der Waals surface area contributed by atoms with E-state index in [1.165, 1.54) is 0 Å². The molecule has 2 atom stereocenters. The summed E-state index contributed by atoms with van der Waals surface area (Å²) in [6, 6.07) is 7.66. The van der Waals surface area contributed by atoms with Crippen molar-refractivity contribution in [2.75, 3.05) is 31.1 Å². The van der Waals surface area contributed by atoms with Gasteiger partial charge in [-0.25, -0.2) is 0 Å². The van der Waals surface area contributed by atoms with Crippen LogP contribution in [-0.2, 0) is 9.59 Å². The molecular formula is C15H17ClN2O3. The zero-order chi connectivity index (χ0) is 15.0. The Hall–Kier alpha value is -1.75. The third-order valence-corrected chi connectivity index (χ3v) is 4.46. The lowest BCUT2D eigenvalue weighted by molar-refractivity contribution is -0.142. The van der Waals surface area contributed by atoms with Gasteiger partial charge in [0.1, 0.15) is 0 Å². The molecule has 0 radical (unpaired) electrons. The zero-order valence-corrected chi connectivity index (χ0v) is 12.3. The highest BCUT2D eigenvalue weighted by molar-refractivity contribution is 6.30. The molecule has 0 bridgehead atoms. The van der Waals surface area contributed by atoms with Gasteiger partial charge in [-0.1, -0.05) is 11.6 Å². The first-order chi connectivity index (χ1) is 10.1. The van der Waals surface area contributed by atoms with Crippen LogP contribution in [0.25, 0.3) is 0 Å².